The zero-order valence-corrected chi connectivity index (χ0v) is 11.3. The molecule has 2 saturated carbocycles. The first kappa shape index (κ1) is 11.3. The zero-order valence-electron chi connectivity index (χ0n) is 11.3. The second-order valence-corrected chi connectivity index (χ2v) is 6.33. The van der Waals surface area contributed by atoms with Crippen LogP contribution in [-0.2, 0) is 6.42 Å². The van der Waals surface area contributed by atoms with E-state index in [9.17, 15) is 5.21 Å². The van der Waals surface area contributed by atoms with Crippen molar-refractivity contribution in [3.05, 3.63) is 29.8 Å². The minimum atomic E-state index is 0.336. The van der Waals surface area contributed by atoms with E-state index in [0.717, 1.165) is 12.1 Å². The first-order valence-electron chi connectivity index (χ1n) is 7.37. The van der Waals surface area contributed by atoms with E-state index in [0.29, 0.717) is 23.9 Å². The lowest BCUT2D eigenvalue weighted by Gasteiger charge is -2.37. The van der Waals surface area contributed by atoms with E-state index in [-0.39, 0.29) is 0 Å². The minimum absolute atomic E-state index is 0.336. The van der Waals surface area contributed by atoms with Crippen LogP contribution in [0.3, 0.4) is 0 Å². The summed E-state index contributed by atoms with van der Waals surface area (Å²) in [6.07, 6.45) is 4.84. The molecule has 0 radical (unpaired) electrons. The van der Waals surface area contributed by atoms with Crippen LogP contribution >= 0.6 is 0 Å². The van der Waals surface area contributed by atoms with Crippen molar-refractivity contribution < 1.29 is 5.21 Å². The van der Waals surface area contributed by atoms with Gasteiger partial charge in [-0.15, -0.1) is 0 Å². The molecule has 1 N–H and O–H groups in total. The van der Waals surface area contributed by atoms with Gasteiger partial charge < -0.3 is 10.1 Å². The number of benzene rings is 1. The van der Waals surface area contributed by atoms with Gasteiger partial charge in [0.25, 0.3) is 0 Å². The van der Waals surface area contributed by atoms with E-state index in [2.05, 4.69) is 41.2 Å². The Balaban J connectivity index is 1.77. The Bertz CT molecular complexity index is 539. The van der Waals surface area contributed by atoms with Gasteiger partial charge >= 0.3 is 0 Å². The number of oxime groups is 1. The zero-order chi connectivity index (χ0) is 13.0. The summed E-state index contributed by atoms with van der Waals surface area (Å²) < 4.78 is 0. The van der Waals surface area contributed by atoms with Crippen LogP contribution in [0.25, 0.3) is 0 Å². The van der Waals surface area contributed by atoms with Crippen molar-refractivity contribution in [1.29, 1.82) is 0 Å². The van der Waals surface area contributed by atoms with Gasteiger partial charge in [0, 0.05) is 17.6 Å². The van der Waals surface area contributed by atoms with E-state index in [1.54, 1.807) is 0 Å². The van der Waals surface area contributed by atoms with Crippen LogP contribution in [-0.4, -0.2) is 23.0 Å². The summed E-state index contributed by atoms with van der Waals surface area (Å²) in [6, 6.07) is 9.54. The van der Waals surface area contributed by atoms with Gasteiger partial charge in [0.1, 0.15) is 0 Å². The summed E-state index contributed by atoms with van der Waals surface area (Å²) in [5.41, 5.74) is 3.84. The lowest BCUT2D eigenvalue weighted by atomic mass is 9.91. The maximum atomic E-state index is 9.41. The van der Waals surface area contributed by atoms with Gasteiger partial charge in [0.05, 0.1) is 11.8 Å². The molecule has 0 saturated heterocycles. The van der Waals surface area contributed by atoms with Crippen LogP contribution in [0.5, 0.6) is 0 Å². The maximum Gasteiger partial charge on any atom is 0.0828 e. The van der Waals surface area contributed by atoms with Crippen LogP contribution < -0.4 is 4.90 Å². The summed E-state index contributed by atoms with van der Waals surface area (Å²) in [5.74, 6) is 1.21. The first-order valence-corrected chi connectivity index (χ1v) is 7.37. The highest BCUT2D eigenvalue weighted by Gasteiger charge is 2.50. The van der Waals surface area contributed by atoms with Crippen molar-refractivity contribution in [1.82, 2.24) is 0 Å². The molecule has 3 nitrogen and oxygen atoms in total. The number of nitrogens with zero attached hydrogens (tertiary/aromatic N) is 2. The highest BCUT2D eigenvalue weighted by molar-refractivity contribution is 5.97. The molecule has 1 aromatic carbocycles. The largest absolute Gasteiger partial charge is 0.411 e. The maximum absolute atomic E-state index is 9.41. The molecule has 4 atom stereocenters. The molecule has 4 rings (SSSR count). The monoisotopic (exact) mass is 256 g/mol. The van der Waals surface area contributed by atoms with Gasteiger partial charge in [-0.2, -0.15) is 0 Å². The Morgan fingerprint density at radius 1 is 1.26 bits per heavy atom. The van der Waals surface area contributed by atoms with Gasteiger partial charge in [-0.3, -0.25) is 0 Å². The summed E-state index contributed by atoms with van der Waals surface area (Å²) >= 11 is 0. The Hall–Kier alpha value is -1.51. The van der Waals surface area contributed by atoms with Gasteiger partial charge in [0.15, 0.2) is 0 Å². The predicted octanol–water partition coefficient (Wildman–Crippen LogP) is 3.07. The molecule has 19 heavy (non-hydrogen) atoms. The van der Waals surface area contributed by atoms with Crippen molar-refractivity contribution in [2.24, 2.45) is 17.0 Å². The molecule has 1 aromatic rings. The molecule has 2 aliphatic carbocycles. The highest BCUT2D eigenvalue weighted by Crippen LogP contribution is 2.48. The summed E-state index contributed by atoms with van der Waals surface area (Å²) in [7, 11) is 0. The second kappa shape index (κ2) is 3.99. The molecule has 0 spiro atoms. The van der Waals surface area contributed by atoms with E-state index in [4.69, 9.17) is 0 Å². The fourth-order valence-corrected chi connectivity index (χ4v) is 4.58. The molecule has 0 amide bonds. The SMILES string of the molecule is C[C@H]1Cc2ccccc2N1[C@H]1/C(=N\O)[C@H]2CC[C@H]1C2. The van der Waals surface area contributed by atoms with Crippen LogP contribution in [0.15, 0.2) is 29.4 Å². The number of para-hydroxylation sites is 1. The molecule has 100 valence electrons. The third kappa shape index (κ3) is 1.47. The van der Waals surface area contributed by atoms with Crippen molar-refractivity contribution in [2.75, 3.05) is 4.90 Å². The van der Waals surface area contributed by atoms with Crippen LogP contribution in [0.4, 0.5) is 5.69 Å². The smallest absolute Gasteiger partial charge is 0.0828 e. The summed E-state index contributed by atoms with van der Waals surface area (Å²) in [4.78, 5) is 2.52. The molecule has 2 fully saturated rings. The van der Waals surface area contributed by atoms with E-state index in [1.807, 2.05) is 0 Å². The lowest BCUT2D eigenvalue weighted by Crippen LogP contribution is -2.47. The van der Waals surface area contributed by atoms with E-state index >= 15 is 0 Å². The molecule has 0 aromatic heterocycles. The van der Waals surface area contributed by atoms with Gasteiger partial charge in [-0.25, -0.2) is 0 Å². The summed E-state index contributed by atoms with van der Waals surface area (Å²) in [5, 5.41) is 13.1. The number of rotatable bonds is 1. The Kier molecular flexibility index (Phi) is 2.38. The molecule has 1 heterocycles. The van der Waals surface area contributed by atoms with Crippen LogP contribution in [0, 0.1) is 11.8 Å². The Morgan fingerprint density at radius 2 is 2.11 bits per heavy atom. The minimum Gasteiger partial charge on any atom is -0.411 e. The number of hydrogen-bond donors (Lipinski definition) is 1. The summed E-state index contributed by atoms with van der Waals surface area (Å²) in [6.45, 7) is 2.29. The average molecular weight is 256 g/mol. The van der Waals surface area contributed by atoms with Gasteiger partial charge in [-0.1, -0.05) is 23.4 Å². The molecular formula is C16H20N2O. The molecule has 3 heteroatoms. The molecule has 1 aliphatic heterocycles. The molecule has 3 aliphatic rings. The third-order valence-electron chi connectivity index (χ3n) is 5.32. The Morgan fingerprint density at radius 3 is 2.95 bits per heavy atom. The van der Waals surface area contributed by atoms with Crippen molar-refractivity contribution in [3.63, 3.8) is 0 Å². The Labute approximate surface area is 113 Å². The van der Waals surface area contributed by atoms with Gasteiger partial charge in [-0.05, 0) is 50.2 Å². The van der Waals surface area contributed by atoms with Crippen molar-refractivity contribution >= 4 is 11.4 Å². The van der Waals surface area contributed by atoms with Crippen LogP contribution in [0.1, 0.15) is 31.7 Å². The highest BCUT2D eigenvalue weighted by atomic mass is 16.4. The molecular weight excluding hydrogens is 236 g/mol. The fourth-order valence-electron chi connectivity index (χ4n) is 4.58. The molecule has 0 unspecified atom stereocenters. The van der Waals surface area contributed by atoms with Crippen molar-refractivity contribution in [3.8, 4) is 0 Å². The fraction of sp³-hybridized carbons (Fsp3) is 0.562. The van der Waals surface area contributed by atoms with E-state index in [1.165, 1.54) is 30.5 Å². The van der Waals surface area contributed by atoms with Crippen LogP contribution in [0.2, 0.25) is 0 Å². The van der Waals surface area contributed by atoms with Gasteiger partial charge in [0.2, 0.25) is 0 Å². The number of hydrogen-bond acceptors (Lipinski definition) is 3. The number of anilines is 1. The lowest BCUT2D eigenvalue weighted by molar-refractivity contribution is 0.310. The topological polar surface area (TPSA) is 35.8 Å². The van der Waals surface area contributed by atoms with E-state index < -0.39 is 0 Å². The second-order valence-electron chi connectivity index (χ2n) is 6.33. The normalized spacial score (nSPS) is 38.2. The quantitative estimate of drug-likeness (QED) is 0.619. The average Bonchev–Trinajstić information content (AvgIpc) is 3.08. The first-order chi connectivity index (χ1) is 9.29. The predicted molar refractivity (Wildman–Crippen MR) is 75.9 cm³/mol. The van der Waals surface area contributed by atoms with Crippen molar-refractivity contribution in [2.45, 2.75) is 44.7 Å². The third-order valence-corrected chi connectivity index (χ3v) is 5.32. The number of fused-ring (bicyclic) bond motifs is 3. The standard InChI is InChI=1S/C16H20N2O/c1-10-8-11-4-2-3-5-14(11)18(10)16-13-7-6-12(9-13)15(16)17-19/h2-5,10,12-13,16,19H,6-9H2,1H3/b17-15-/t10-,12-,13-,16+/m0/s1. The molecule has 2 bridgehead atoms.